The maximum absolute atomic E-state index is 13.5. The van der Waals surface area contributed by atoms with Crippen LogP contribution in [0, 0.1) is 5.82 Å². The van der Waals surface area contributed by atoms with Gasteiger partial charge in [-0.15, -0.1) is 0 Å². The zero-order valence-corrected chi connectivity index (χ0v) is 14.8. The molecule has 2 atom stereocenters. The molecule has 1 aliphatic heterocycles. The Morgan fingerprint density at radius 3 is 2.64 bits per heavy atom. The number of nitrogens with zero attached hydrogens (tertiary/aromatic N) is 1. The fourth-order valence-corrected chi connectivity index (χ4v) is 4.35. The van der Waals surface area contributed by atoms with Gasteiger partial charge in [-0.3, -0.25) is 4.79 Å². The summed E-state index contributed by atoms with van der Waals surface area (Å²) in [6, 6.07) is 5.52. The van der Waals surface area contributed by atoms with Crippen molar-refractivity contribution >= 4 is 27.8 Å². The van der Waals surface area contributed by atoms with E-state index in [0.717, 1.165) is 6.08 Å². The molecule has 1 saturated heterocycles. The summed E-state index contributed by atoms with van der Waals surface area (Å²) in [4.78, 5) is 25.4. The van der Waals surface area contributed by atoms with E-state index in [1.54, 1.807) is 6.07 Å². The molecule has 1 amide bonds. The van der Waals surface area contributed by atoms with Crippen molar-refractivity contribution in [1.29, 1.82) is 0 Å². The van der Waals surface area contributed by atoms with E-state index >= 15 is 0 Å². The minimum absolute atomic E-state index is 0.0504. The second-order valence-electron chi connectivity index (χ2n) is 5.94. The summed E-state index contributed by atoms with van der Waals surface area (Å²) in [5.74, 6) is -1.76. The van der Waals surface area contributed by atoms with Crippen molar-refractivity contribution in [3.63, 3.8) is 0 Å². The smallest absolute Gasteiger partial charge is 0.331 e. The van der Waals surface area contributed by atoms with Crippen LogP contribution in [-0.4, -0.2) is 55.9 Å². The van der Waals surface area contributed by atoms with E-state index in [1.165, 1.54) is 43.1 Å². The first-order valence-corrected chi connectivity index (χ1v) is 9.62. The minimum atomic E-state index is -3.11. The predicted octanol–water partition coefficient (Wildman–Crippen LogP) is 1.42. The second kappa shape index (κ2) is 7.77. The zero-order valence-electron chi connectivity index (χ0n) is 14.0. The Morgan fingerprint density at radius 2 is 2.04 bits per heavy atom. The van der Waals surface area contributed by atoms with E-state index < -0.39 is 39.7 Å². The number of likely N-dealkylation sites (N-methyl/N-ethyl adjacent to an activating group) is 1. The molecule has 0 radical (unpaired) electrons. The summed E-state index contributed by atoms with van der Waals surface area (Å²) in [6.07, 6.45) is 1.62. The Hall–Kier alpha value is -2.22. The van der Waals surface area contributed by atoms with Crippen molar-refractivity contribution < 1.29 is 27.1 Å². The Balaban J connectivity index is 1.92. The maximum atomic E-state index is 13.5. The topological polar surface area (TPSA) is 80.8 Å². The van der Waals surface area contributed by atoms with Gasteiger partial charge in [0.05, 0.1) is 11.5 Å². The normalized spacial score (nSPS) is 20.4. The van der Waals surface area contributed by atoms with E-state index in [0.29, 0.717) is 6.42 Å². The molecule has 0 N–H and O–H groups in total. The first kappa shape index (κ1) is 19.1. The number of sulfone groups is 1. The summed E-state index contributed by atoms with van der Waals surface area (Å²) in [5, 5.41) is 0. The fourth-order valence-electron chi connectivity index (χ4n) is 2.58. The van der Waals surface area contributed by atoms with Gasteiger partial charge in [-0.25, -0.2) is 17.6 Å². The molecule has 0 aromatic heterocycles. The number of benzene rings is 1. The Kier molecular flexibility index (Phi) is 5.94. The quantitative estimate of drug-likeness (QED) is 0.579. The molecule has 2 rings (SSSR count). The van der Waals surface area contributed by atoms with Crippen LogP contribution < -0.4 is 0 Å². The molecule has 0 unspecified atom stereocenters. The fraction of sp³-hybridized carbons (Fsp3) is 0.412. The van der Waals surface area contributed by atoms with Crippen LogP contribution in [-0.2, 0) is 24.2 Å². The highest BCUT2D eigenvalue weighted by Crippen LogP contribution is 2.17. The average Bonchev–Trinajstić information content (AvgIpc) is 2.92. The Bertz CT molecular complexity index is 790. The van der Waals surface area contributed by atoms with Gasteiger partial charge in [0.25, 0.3) is 5.91 Å². The molecule has 25 heavy (non-hydrogen) atoms. The minimum Gasteiger partial charge on any atom is -0.449 e. The summed E-state index contributed by atoms with van der Waals surface area (Å²) >= 11 is 0. The largest absolute Gasteiger partial charge is 0.449 e. The highest BCUT2D eigenvalue weighted by Gasteiger charge is 2.34. The second-order valence-corrected chi connectivity index (χ2v) is 8.17. The van der Waals surface area contributed by atoms with Crippen molar-refractivity contribution in [2.24, 2.45) is 0 Å². The van der Waals surface area contributed by atoms with Gasteiger partial charge in [-0.05, 0) is 25.5 Å². The zero-order chi connectivity index (χ0) is 18.6. The number of esters is 1. The Morgan fingerprint density at radius 1 is 1.36 bits per heavy atom. The molecule has 6 nitrogen and oxygen atoms in total. The molecule has 1 aromatic carbocycles. The highest BCUT2D eigenvalue weighted by atomic mass is 32.2. The number of rotatable bonds is 5. The van der Waals surface area contributed by atoms with E-state index in [4.69, 9.17) is 4.74 Å². The molecule has 8 heteroatoms. The van der Waals surface area contributed by atoms with Gasteiger partial charge in [0, 0.05) is 24.7 Å². The highest BCUT2D eigenvalue weighted by molar-refractivity contribution is 7.91. The molecule has 0 bridgehead atoms. The summed E-state index contributed by atoms with van der Waals surface area (Å²) in [6.45, 7) is 1.41. The van der Waals surface area contributed by atoms with Crippen molar-refractivity contribution in [3.8, 4) is 0 Å². The van der Waals surface area contributed by atoms with Crippen molar-refractivity contribution in [2.75, 3.05) is 18.6 Å². The number of amides is 1. The molecular formula is C17H20FNO5S. The van der Waals surface area contributed by atoms with Crippen molar-refractivity contribution in [3.05, 3.63) is 41.7 Å². The lowest BCUT2D eigenvalue weighted by Gasteiger charge is -2.26. The van der Waals surface area contributed by atoms with E-state index in [2.05, 4.69) is 0 Å². The SMILES string of the molecule is C[C@@H](OC(=O)/C=C/c1ccccc1F)C(=O)N(C)[C@@H]1CCS(=O)(=O)C1. The summed E-state index contributed by atoms with van der Waals surface area (Å²) in [7, 11) is -1.62. The lowest BCUT2D eigenvalue weighted by molar-refractivity contribution is -0.155. The monoisotopic (exact) mass is 369 g/mol. The van der Waals surface area contributed by atoms with E-state index in [9.17, 15) is 22.4 Å². The number of hydrogen-bond acceptors (Lipinski definition) is 5. The summed E-state index contributed by atoms with van der Waals surface area (Å²) in [5.41, 5.74) is 0.228. The van der Waals surface area contributed by atoms with Crippen LogP contribution in [0.2, 0.25) is 0 Å². The number of halogens is 1. The van der Waals surface area contributed by atoms with Gasteiger partial charge in [0.15, 0.2) is 15.9 Å². The van der Waals surface area contributed by atoms with Crippen LogP contribution in [0.4, 0.5) is 4.39 Å². The van der Waals surface area contributed by atoms with Gasteiger partial charge in [0.1, 0.15) is 5.82 Å². The van der Waals surface area contributed by atoms with Gasteiger partial charge in [-0.2, -0.15) is 0 Å². The number of hydrogen-bond donors (Lipinski definition) is 0. The molecule has 0 aliphatic carbocycles. The van der Waals surface area contributed by atoms with Crippen LogP contribution in [0.3, 0.4) is 0 Å². The molecule has 1 heterocycles. The van der Waals surface area contributed by atoms with Gasteiger partial charge in [0.2, 0.25) is 0 Å². The number of carbonyl (C=O) groups is 2. The third kappa shape index (κ3) is 5.12. The molecule has 1 aliphatic rings. The molecule has 0 saturated carbocycles. The van der Waals surface area contributed by atoms with Crippen LogP contribution in [0.5, 0.6) is 0 Å². The van der Waals surface area contributed by atoms with E-state index in [-0.39, 0.29) is 17.1 Å². The molecular weight excluding hydrogens is 349 g/mol. The van der Waals surface area contributed by atoms with Gasteiger partial charge in [-0.1, -0.05) is 18.2 Å². The molecule has 1 aromatic rings. The van der Waals surface area contributed by atoms with E-state index in [1.807, 2.05) is 0 Å². The predicted molar refractivity (Wildman–Crippen MR) is 90.8 cm³/mol. The van der Waals surface area contributed by atoms with Crippen LogP contribution in [0.1, 0.15) is 18.9 Å². The van der Waals surface area contributed by atoms with Gasteiger partial charge >= 0.3 is 5.97 Å². The number of ether oxygens (including phenoxy) is 1. The Labute approximate surface area is 146 Å². The third-order valence-electron chi connectivity index (χ3n) is 4.05. The lowest BCUT2D eigenvalue weighted by Crippen LogP contribution is -2.44. The van der Waals surface area contributed by atoms with Crippen LogP contribution in [0.25, 0.3) is 6.08 Å². The molecule has 136 valence electrons. The van der Waals surface area contributed by atoms with Crippen molar-refractivity contribution in [1.82, 2.24) is 4.90 Å². The van der Waals surface area contributed by atoms with Gasteiger partial charge < -0.3 is 9.64 Å². The first-order valence-electron chi connectivity index (χ1n) is 7.80. The van der Waals surface area contributed by atoms with Crippen LogP contribution >= 0.6 is 0 Å². The lowest BCUT2D eigenvalue weighted by atomic mass is 10.2. The third-order valence-corrected chi connectivity index (χ3v) is 5.80. The summed E-state index contributed by atoms with van der Waals surface area (Å²) < 4.78 is 41.5. The van der Waals surface area contributed by atoms with Crippen molar-refractivity contribution in [2.45, 2.75) is 25.5 Å². The first-order chi connectivity index (χ1) is 11.7. The maximum Gasteiger partial charge on any atom is 0.331 e. The number of carbonyl (C=O) groups excluding carboxylic acids is 2. The molecule has 1 fully saturated rings. The average molecular weight is 369 g/mol. The molecule has 0 spiro atoms. The van der Waals surface area contributed by atoms with Crippen LogP contribution in [0.15, 0.2) is 30.3 Å². The standard InChI is InChI=1S/C17H20FNO5S/c1-12(17(21)19(2)14-9-10-25(22,23)11-14)24-16(20)8-7-13-5-3-4-6-15(13)18/h3-8,12,14H,9-11H2,1-2H3/b8-7+/t12-,14-/m1/s1.